The first-order chi connectivity index (χ1) is 7.19. The Labute approximate surface area is 96.2 Å². The van der Waals surface area contributed by atoms with Gasteiger partial charge in [0.15, 0.2) is 0 Å². The second-order valence-electron chi connectivity index (χ2n) is 4.02. The molecule has 0 radical (unpaired) electrons. The van der Waals surface area contributed by atoms with Gasteiger partial charge < -0.3 is 14.6 Å². The van der Waals surface area contributed by atoms with Crippen LogP contribution < -0.4 is 5.73 Å². The standard InChI is InChI=1S/C11H27NO2Si/c1-5-11(8-10(4)9-12)15(13-6-2)14-7-3/h10-11,15H,5-9,12H2,1-4H3. The van der Waals surface area contributed by atoms with Gasteiger partial charge >= 0.3 is 9.28 Å². The van der Waals surface area contributed by atoms with Crippen molar-refractivity contribution in [1.29, 1.82) is 0 Å². The Balaban J connectivity index is 4.16. The molecule has 3 nitrogen and oxygen atoms in total. The zero-order valence-electron chi connectivity index (χ0n) is 10.7. The molecule has 92 valence electrons. The van der Waals surface area contributed by atoms with Crippen LogP contribution in [0.5, 0.6) is 0 Å². The summed E-state index contributed by atoms with van der Waals surface area (Å²) < 4.78 is 11.5. The predicted molar refractivity (Wildman–Crippen MR) is 67.3 cm³/mol. The van der Waals surface area contributed by atoms with Crippen molar-refractivity contribution in [2.45, 2.75) is 46.1 Å². The third-order valence-electron chi connectivity index (χ3n) is 2.68. The highest BCUT2D eigenvalue weighted by Crippen LogP contribution is 2.25. The highest BCUT2D eigenvalue weighted by molar-refractivity contribution is 6.46. The third kappa shape index (κ3) is 6.30. The molecule has 0 amide bonds. The van der Waals surface area contributed by atoms with Crippen molar-refractivity contribution in [3.8, 4) is 0 Å². The fourth-order valence-corrected chi connectivity index (χ4v) is 4.10. The van der Waals surface area contributed by atoms with Crippen LogP contribution >= 0.6 is 0 Å². The van der Waals surface area contributed by atoms with Gasteiger partial charge in [-0.1, -0.05) is 20.3 Å². The van der Waals surface area contributed by atoms with E-state index in [-0.39, 0.29) is 0 Å². The molecule has 0 aliphatic carbocycles. The van der Waals surface area contributed by atoms with E-state index in [4.69, 9.17) is 14.6 Å². The van der Waals surface area contributed by atoms with E-state index in [1.165, 1.54) is 0 Å². The number of hydrogen-bond acceptors (Lipinski definition) is 3. The predicted octanol–water partition coefficient (Wildman–Crippen LogP) is 2.04. The van der Waals surface area contributed by atoms with E-state index in [0.29, 0.717) is 11.5 Å². The van der Waals surface area contributed by atoms with Crippen molar-refractivity contribution in [3.63, 3.8) is 0 Å². The number of nitrogens with two attached hydrogens (primary N) is 1. The second-order valence-corrected chi connectivity index (χ2v) is 6.37. The van der Waals surface area contributed by atoms with Crippen molar-refractivity contribution < 1.29 is 8.85 Å². The highest BCUT2D eigenvalue weighted by Gasteiger charge is 2.25. The summed E-state index contributed by atoms with van der Waals surface area (Å²) in [6, 6.07) is 0. The lowest BCUT2D eigenvalue weighted by Crippen LogP contribution is -2.31. The largest absolute Gasteiger partial charge is 0.397 e. The molecule has 0 aromatic carbocycles. The molecule has 0 saturated carbocycles. The SMILES string of the molecule is CCO[SiH](OCC)C(CC)CC(C)CN. The van der Waals surface area contributed by atoms with Gasteiger partial charge in [-0.05, 0) is 38.3 Å². The van der Waals surface area contributed by atoms with Crippen molar-refractivity contribution in [2.75, 3.05) is 19.8 Å². The highest BCUT2D eigenvalue weighted by atomic mass is 28.3. The minimum Gasteiger partial charge on any atom is -0.397 e. The van der Waals surface area contributed by atoms with Crippen molar-refractivity contribution in [3.05, 3.63) is 0 Å². The molecule has 2 atom stereocenters. The molecule has 0 aliphatic rings. The maximum atomic E-state index is 5.76. The normalized spacial score (nSPS) is 15.6. The lowest BCUT2D eigenvalue weighted by Gasteiger charge is -2.25. The second kappa shape index (κ2) is 9.33. The Bertz CT molecular complexity index is 141. The zero-order valence-corrected chi connectivity index (χ0v) is 11.8. The minimum absolute atomic E-state index is 0.575. The summed E-state index contributed by atoms with van der Waals surface area (Å²) in [7, 11) is -1.47. The van der Waals surface area contributed by atoms with Gasteiger partial charge in [0.2, 0.25) is 0 Å². The zero-order chi connectivity index (χ0) is 11.7. The Morgan fingerprint density at radius 2 is 1.67 bits per heavy atom. The summed E-state index contributed by atoms with van der Waals surface area (Å²) in [5.74, 6) is 0.575. The van der Waals surface area contributed by atoms with Gasteiger partial charge in [-0.2, -0.15) is 0 Å². The van der Waals surface area contributed by atoms with Gasteiger partial charge in [0.25, 0.3) is 0 Å². The van der Waals surface area contributed by atoms with Crippen molar-refractivity contribution in [2.24, 2.45) is 11.7 Å². The van der Waals surface area contributed by atoms with Crippen LogP contribution in [0.4, 0.5) is 0 Å². The molecule has 0 bridgehead atoms. The molecule has 0 spiro atoms. The molecule has 0 aromatic heterocycles. The van der Waals surface area contributed by atoms with Gasteiger partial charge in [0.1, 0.15) is 0 Å². The molecular weight excluding hydrogens is 206 g/mol. The van der Waals surface area contributed by atoms with Crippen LogP contribution in [0.3, 0.4) is 0 Å². The van der Waals surface area contributed by atoms with Gasteiger partial charge in [0, 0.05) is 13.2 Å². The molecule has 0 heterocycles. The van der Waals surface area contributed by atoms with Crippen LogP contribution in [0, 0.1) is 5.92 Å². The molecule has 0 saturated heterocycles. The van der Waals surface area contributed by atoms with Gasteiger partial charge in [-0.3, -0.25) is 0 Å². The summed E-state index contributed by atoms with van der Waals surface area (Å²) in [5.41, 5.74) is 6.26. The van der Waals surface area contributed by atoms with E-state index >= 15 is 0 Å². The fraction of sp³-hybridized carbons (Fsp3) is 1.00. The van der Waals surface area contributed by atoms with Gasteiger partial charge in [-0.25, -0.2) is 0 Å². The molecule has 0 rings (SSSR count). The average molecular weight is 233 g/mol. The molecule has 0 aliphatic heterocycles. The maximum absolute atomic E-state index is 5.76. The van der Waals surface area contributed by atoms with Crippen LogP contribution in [0.25, 0.3) is 0 Å². The smallest absolute Gasteiger partial charge is 0.324 e. The lowest BCUT2D eigenvalue weighted by atomic mass is 10.0. The Kier molecular flexibility index (Phi) is 9.39. The van der Waals surface area contributed by atoms with Crippen molar-refractivity contribution in [1.82, 2.24) is 0 Å². The van der Waals surface area contributed by atoms with E-state index in [1.807, 2.05) is 13.8 Å². The van der Waals surface area contributed by atoms with Crippen LogP contribution in [0.2, 0.25) is 5.54 Å². The van der Waals surface area contributed by atoms with Crippen LogP contribution in [0.15, 0.2) is 0 Å². The first-order valence-corrected chi connectivity index (χ1v) is 7.73. The lowest BCUT2D eigenvalue weighted by molar-refractivity contribution is 0.198. The first kappa shape index (κ1) is 15.1. The van der Waals surface area contributed by atoms with E-state index in [1.54, 1.807) is 0 Å². The number of hydrogen-bond donors (Lipinski definition) is 1. The van der Waals surface area contributed by atoms with E-state index in [0.717, 1.165) is 32.6 Å². The van der Waals surface area contributed by atoms with E-state index < -0.39 is 9.28 Å². The Hall–Kier alpha value is 0.0969. The van der Waals surface area contributed by atoms with Crippen LogP contribution in [-0.2, 0) is 8.85 Å². The fourth-order valence-electron chi connectivity index (χ4n) is 1.73. The molecule has 0 fully saturated rings. The quantitative estimate of drug-likeness (QED) is 0.620. The van der Waals surface area contributed by atoms with Gasteiger partial charge in [0.05, 0.1) is 0 Å². The summed E-state index contributed by atoms with van der Waals surface area (Å²) >= 11 is 0. The summed E-state index contributed by atoms with van der Waals surface area (Å²) in [5, 5.41) is 0. The summed E-state index contributed by atoms with van der Waals surface area (Å²) in [6.45, 7) is 10.8. The van der Waals surface area contributed by atoms with Gasteiger partial charge in [-0.15, -0.1) is 0 Å². The summed E-state index contributed by atoms with van der Waals surface area (Å²) in [6.07, 6.45) is 2.28. The monoisotopic (exact) mass is 233 g/mol. The van der Waals surface area contributed by atoms with Crippen molar-refractivity contribution >= 4 is 9.28 Å². The third-order valence-corrected chi connectivity index (χ3v) is 5.52. The summed E-state index contributed by atoms with van der Waals surface area (Å²) in [4.78, 5) is 0. The molecule has 15 heavy (non-hydrogen) atoms. The Morgan fingerprint density at radius 1 is 1.13 bits per heavy atom. The average Bonchev–Trinajstić information content (AvgIpc) is 2.25. The molecular formula is C11H27NO2Si. The Morgan fingerprint density at radius 3 is 2.00 bits per heavy atom. The van der Waals surface area contributed by atoms with Crippen LogP contribution in [-0.4, -0.2) is 29.0 Å². The topological polar surface area (TPSA) is 44.5 Å². The van der Waals surface area contributed by atoms with E-state index in [9.17, 15) is 0 Å². The minimum atomic E-state index is -1.47. The number of rotatable bonds is 9. The maximum Gasteiger partial charge on any atom is 0.324 e. The van der Waals surface area contributed by atoms with E-state index in [2.05, 4.69) is 13.8 Å². The van der Waals surface area contributed by atoms with Crippen LogP contribution in [0.1, 0.15) is 40.5 Å². The molecule has 0 aromatic rings. The first-order valence-electron chi connectivity index (χ1n) is 6.12. The molecule has 2 N–H and O–H groups in total. The molecule has 4 heteroatoms. The molecule has 2 unspecified atom stereocenters.